The number of hydrogen-bond acceptors (Lipinski definition) is 4. The largest absolute Gasteiger partial charge is 0.480 e. The van der Waals surface area contributed by atoms with Crippen LogP contribution >= 0.6 is 11.8 Å². The molecular formula is C11H19N3O4S. The van der Waals surface area contributed by atoms with E-state index in [2.05, 4.69) is 0 Å². The highest BCUT2D eigenvalue weighted by atomic mass is 32.2. The summed E-state index contributed by atoms with van der Waals surface area (Å²) in [6.45, 7) is 1.72. The Labute approximate surface area is 116 Å². The molecule has 1 heterocycles. The molecule has 0 aromatic carbocycles. The molecule has 0 aliphatic carbocycles. The fraction of sp³-hybridized carbons (Fsp3) is 0.727. The maximum Gasteiger partial charge on any atom is 0.327 e. The van der Waals surface area contributed by atoms with E-state index in [-0.39, 0.29) is 17.8 Å². The van der Waals surface area contributed by atoms with Crippen molar-refractivity contribution in [2.45, 2.75) is 18.3 Å². The van der Waals surface area contributed by atoms with Crippen molar-refractivity contribution in [2.75, 3.05) is 33.4 Å². The molecular weight excluding hydrogens is 270 g/mol. The van der Waals surface area contributed by atoms with E-state index >= 15 is 0 Å². The van der Waals surface area contributed by atoms with E-state index in [9.17, 15) is 14.4 Å². The van der Waals surface area contributed by atoms with Gasteiger partial charge in [0.25, 0.3) is 0 Å². The van der Waals surface area contributed by atoms with Gasteiger partial charge in [0, 0.05) is 26.9 Å². The van der Waals surface area contributed by atoms with Crippen molar-refractivity contribution in [2.24, 2.45) is 0 Å². The fourth-order valence-corrected chi connectivity index (χ4v) is 2.89. The van der Waals surface area contributed by atoms with Gasteiger partial charge in [0.15, 0.2) is 0 Å². The summed E-state index contributed by atoms with van der Waals surface area (Å²) in [7, 11) is 4.71. The van der Waals surface area contributed by atoms with E-state index in [4.69, 9.17) is 5.11 Å². The maximum atomic E-state index is 12.2. The zero-order chi connectivity index (χ0) is 14.7. The van der Waals surface area contributed by atoms with Gasteiger partial charge in [-0.3, -0.25) is 9.69 Å². The molecule has 1 saturated heterocycles. The summed E-state index contributed by atoms with van der Waals surface area (Å²) < 4.78 is 0. The summed E-state index contributed by atoms with van der Waals surface area (Å²) in [6.07, 6.45) is 0. The van der Waals surface area contributed by atoms with Crippen molar-refractivity contribution in [3.63, 3.8) is 0 Å². The summed E-state index contributed by atoms with van der Waals surface area (Å²) in [6, 6.07) is -1.26. The molecule has 0 radical (unpaired) electrons. The van der Waals surface area contributed by atoms with Gasteiger partial charge in [-0.25, -0.2) is 9.59 Å². The van der Waals surface area contributed by atoms with Crippen LogP contribution in [-0.4, -0.2) is 82.6 Å². The summed E-state index contributed by atoms with van der Waals surface area (Å²) in [5.74, 6) is -0.850. The number of carboxylic acids is 1. The Morgan fingerprint density at radius 2 is 1.89 bits per heavy atom. The number of carbonyl (C=O) groups is 3. The molecule has 0 aromatic rings. The van der Waals surface area contributed by atoms with Gasteiger partial charge in [-0.05, 0) is 6.92 Å². The Morgan fingerprint density at radius 1 is 1.32 bits per heavy atom. The second-order valence-electron chi connectivity index (χ2n) is 4.62. The van der Waals surface area contributed by atoms with Crippen LogP contribution in [0.1, 0.15) is 6.92 Å². The Morgan fingerprint density at radius 3 is 2.37 bits per heavy atom. The molecule has 108 valence electrons. The van der Waals surface area contributed by atoms with E-state index in [1.165, 1.54) is 33.5 Å². The first-order valence-electron chi connectivity index (χ1n) is 5.83. The lowest BCUT2D eigenvalue weighted by atomic mass is 10.3. The lowest BCUT2D eigenvalue weighted by molar-refractivity contribution is -0.141. The molecule has 1 N–H and O–H groups in total. The van der Waals surface area contributed by atoms with Gasteiger partial charge >= 0.3 is 12.0 Å². The van der Waals surface area contributed by atoms with E-state index in [1.54, 1.807) is 21.0 Å². The first-order valence-corrected chi connectivity index (χ1v) is 6.88. The number of nitrogens with zero attached hydrogens (tertiary/aromatic N) is 3. The Kier molecular flexibility index (Phi) is 5.04. The number of carbonyl (C=O) groups excluding carboxylic acids is 2. The van der Waals surface area contributed by atoms with Gasteiger partial charge in [0.2, 0.25) is 5.91 Å². The molecule has 8 heteroatoms. The molecule has 0 bridgehead atoms. The molecule has 1 aliphatic heterocycles. The molecule has 0 spiro atoms. The number of likely N-dealkylation sites (N-methyl/N-ethyl adjacent to an activating group) is 2. The Hall–Kier alpha value is -1.44. The first-order chi connectivity index (χ1) is 8.75. The smallest absolute Gasteiger partial charge is 0.327 e. The molecule has 3 amide bonds. The van der Waals surface area contributed by atoms with Crippen molar-refractivity contribution in [1.82, 2.24) is 14.7 Å². The summed E-state index contributed by atoms with van der Waals surface area (Å²) in [4.78, 5) is 38.9. The van der Waals surface area contributed by atoms with Gasteiger partial charge in [-0.1, -0.05) is 0 Å². The molecule has 7 nitrogen and oxygen atoms in total. The third-order valence-electron chi connectivity index (χ3n) is 2.93. The quantitative estimate of drug-likeness (QED) is 0.789. The summed E-state index contributed by atoms with van der Waals surface area (Å²) in [5, 5.41) is 8.90. The zero-order valence-electron chi connectivity index (χ0n) is 11.5. The molecule has 2 atom stereocenters. The highest BCUT2D eigenvalue weighted by Crippen LogP contribution is 2.29. The molecule has 1 aliphatic rings. The molecule has 1 rings (SSSR count). The van der Waals surface area contributed by atoms with Crippen LogP contribution in [0, 0.1) is 0 Å². The van der Waals surface area contributed by atoms with Gasteiger partial charge in [-0.2, -0.15) is 0 Å². The molecule has 0 saturated carbocycles. The second kappa shape index (κ2) is 6.14. The van der Waals surface area contributed by atoms with Crippen molar-refractivity contribution in [1.29, 1.82) is 0 Å². The molecule has 19 heavy (non-hydrogen) atoms. The van der Waals surface area contributed by atoms with Crippen LogP contribution in [0.2, 0.25) is 0 Å². The van der Waals surface area contributed by atoms with Crippen LogP contribution < -0.4 is 0 Å². The number of aliphatic carboxylic acids is 1. The third-order valence-corrected chi connectivity index (χ3v) is 4.14. The average Bonchev–Trinajstić information content (AvgIpc) is 2.69. The second-order valence-corrected chi connectivity index (χ2v) is 5.97. The van der Waals surface area contributed by atoms with Crippen LogP contribution in [0.5, 0.6) is 0 Å². The molecule has 2 unspecified atom stereocenters. The fourth-order valence-electron chi connectivity index (χ4n) is 1.73. The number of carboxylic acid groups (broad SMARTS) is 1. The monoisotopic (exact) mass is 289 g/mol. The minimum atomic E-state index is -1.02. The lowest BCUT2D eigenvalue weighted by Crippen LogP contribution is -2.51. The van der Waals surface area contributed by atoms with Gasteiger partial charge < -0.3 is 14.9 Å². The van der Waals surface area contributed by atoms with Crippen molar-refractivity contribution < 1.29 is 19.5 Å². The van der Waals surface area contributed by atoms with Crippen LogP contribution in [0.15, 0.2) is 0 Å². The third kappa shape index (κ3) is 3.52. The van der Waals surface area contributed by atoms with Crippen molar-refractivity contribution in [3.05, 3.63) is 0 Å². The van der Waals surface area contributed by atoms with E-state index in [0.717, 1.165) is 0 Å². The minimum Gasteiger partial charge on any atom is -0.480 e. The number of amides is 3. The van der Waals surface area contributed by atoms with Crippen LogP contribution in [0.25, 0.3) is 0 Å². The normalized spacial score (nSPS) is 22.2. The molecule has 0 aromatic heterocycles. The number of hydrogen-bond donors (Lipinski definition) is 1. The van der Waals surface area contributed by atoms with Crippen LogP contribution in [0.3, 0.4) is 0 Å². The van der Waals surface area contributed by atoms with Crippen molar-refractivity contribution >= 4 is 29.7 Å². The summed E-state index contributed by atoms with van der Waals surface area (Å²) >= 11 is 1.41. The average molecular weight is 289 g/mol. The Balaban J connectivity index is 2.74. The maximum absolute atomic E-state index is 12.2. The van der Waals surface area contributed by atoms with E-state index < -0.39 is 18.0 Å². The predicted molar refractivity (Wildman–Crippen MR) is 71.9 cm³/mol. The van der Waals surface area contributed by atoms with E-state index in [1.807, 2.05) is 0 Å². The number of urea groups is 1. The lowest BCUT2D eigenvalue weighted by Gasteiger charge is -2.30. The van der Waals surface area contributed by atoms with E-state index in [0.29, 0.717) is 5.75 Å². The minimum absolute atomic E-state index is 0.0634. The summed E-state index contributed by atoms with van der Waals surface area (Å²) in [5.41, 5.74) is 0. The zero-order valence-corrected chi connectivity index (χ0v) is 12.3. The standard InChI is InChI=1S/C11H19N3O4S/c1-7-14(8(6-19-7)10(16)17)11(18)13(4)5-9(15)12(2)3/h7-8H,5-6H2,1-4H3,(H,16,17). The van der Waals surface area contributed by atoms with Crippen LogP contribution in [0.4, 0.5) is 4.79 Å². The van der Waals surface area contributed by atoms with Crippen molar-refractivity contribution in [3.8, 4) is 0 Å². The highest BCUT2D eigenvalue weighted by Gasteiger charge is 2.40. The first kappa shape index (κ1) is 15.6. The SMILES string of the molecule is CC1SCC(C(=O)O)N1C(=O)N(C)CC(=O)N(C)C. The highest BCUT2D eigenvalue weighted by molar-refractivity contribution is 8.00. The van der Waals surface area contributed by atoms with Gasteiger partial charge in [0.05, 0.1) is 5.37 Å². The Bertz CT molecular complexity index is 388. The molecule has 1 fully saturated rings. The van der Waals surface area contributed by atoms with Gasteiger partial charge in [0.1, 0.15) is 12.6 Å². The number of rotatable bonds is 3. The van der Waals surface area contributed by atoms with Gasteiger partial charge in [-0.15, -0.1) is 11.8 Å². The number of thioether (sulfide) groups is 1. The predicted octanol–water partition coefficient (Wildman–Crippen LogP) is -0.0256. The topological polar surface area (TPSA) is 81.2 Å². The van der Waals surface area contributed by atoms with Crippen LogP contribution in [-0.2, 0) is 9.59 Å².